The third kappa shape index (κ3) is 5.56. The van der Waals surface area contributed by atoms with Crippen LogP contribution in [0, 0.1) is 0 Å². The fourth-order valence-corrected chi connectivity index (χ4v) is 8.90. The predicted octanol–water partition coefficient (Wildman–Crippen LogP) is 13.6. The Labute approximate surface area is 337 Å². The van der Waals surface area contributed by atoms with Gasteiger partial charge in [-0.05, 0) is 87.0 Å². The first-order valence-corrected chi connectivity index (χ1v) is 19.9. The van der Waals surface area contributed by atoms with Gasteiger partial charge in [0.25, 0.3) is 0 Å². The van der Waals surface area contributed by atoms with E-state index in [1.165, 1.54) is 60.8 Å². The van der Waals surface area contributed by atoms with E-state index in [0.717, 1.165) is 27.9 Å². The standard InChI is InChI=1S/C54H38N4/c1-54(2)47-33-39(37-19-13-21-41(31-37)53-56-51(35-15-5-3-6-16-35)55-52(57-53)36-17-7-4-8-18-36)27-29-43(47)44-30-28-40(34-48(44)54)38-20-14-22-42(32-38)58-49-25-11-9-23-45(49)46-24-10-12-26-50(46)58/h3-34H,1-2H3. The Morgan fingerprint density at radius 3 is 1.31 bits per heavy atom. The minimum atomic E-state index is -0.192. The minimum Gasteiger partial charge on any atom is -0.309 e. The Kier molecular flexibility index (Phi) is 7.80. The van der Waals surface area contributed by atoms with Crippen molar-refractivity contribution < 1.29 is 0 Å². The van der Waals surface area contributed by atoms with Gasteiger partial charge in [-0.1, -0.05) is 166 Å². The molecule has 8 aromatic carbocycles. The quantitative estimate of drug-likeness (QED) is 0.170. The van der Waals surface area contributed by atoms with Gasteiger partial charge in [-0.3, -0.25) is 0 Å². The van der Waals surface area contributed by atoms with Crippen LogP contribution in [0.4, 0.5) is 0 Å². The molecule has 0 spiro atoms. The minimum absolute atomic E-state index is 0.192. The summed E-state index contributed by atoms with van der Waals surface area (Å²) in [5.74, 6) is 1.97. The van der Waals surface area contributed by atoms with Crippen molar-refractivity contribution in [1.82, 2.24) is 19.5 Å². The number of para-hydroxylation sites is 2. The first-order valence-electron chi connectivity index (χ1n) is 19.9. The molecule has 58 heavy (non-hydrogen) atoms. The fraction of sp³-hybridized carbons (Fsp3) is 0.0556. The van der Waals surface area contributed by atoms with Gasteiger partial charge in [0.05, 0.1) is 11.0 Å². The number of hydrogen-bond acceptors (Lipinski definition) is 3. The lowest BCUT2D eigenvalue weighted by Gasteiger charge is -2.23. The molecule has 1 aliphatic rings. The molecule has 0 bridgehead atoms. The lowest BCUT2D eigenvalue weighted by molar-refractivity contribution is 0.661. The normalized spacial score (nSPS) is 12.8. The number of hydrogen-bond donors (Lipinski definition) is 0. The van der Waals surface area contributed by atoms with Gasteiger partial charge in [0.1, 0.15) is 0 Å². The van der Waals surface area contributed by atoms with Crippen LogP contribution >= 0.6 is 0 Å². The van der Waals surface area contributed by atoms with Crippen molar-refractivity contribution in [3.05, 3.63) is 205 Å². The Hall–Kier alpha value is -7.43. The van der Waals surface area contributed by atoms with E-state index < -0.39 is 0 Å². The lowest BCUT2D eigenvalue weighted by atomic mass is 9.81. The predicted molar refractivity (Wildman–Crippen MR) is 239 cm³/mol. The van der Waals surface area contributed by atoms with Gasteiger partial charge in [0.2, 0.25) is 0 Å². The highest BCUT2D eigenvalue weighted by Crippen LogP contribution is 2.51. The number of rotatable bonds is 6. The Bertz CT molecular complexity index is 3080. The van der Waals surface area contributed by atoms with Gasteiger partial charge in [-0.25, -0.2) is 15.0 Å². The van der Waals surface area contributed by atoms with Crippen molar-refractivity contribution in [3.63, 3.8) is 0 Å². The van der Waals surface area contributed by atoms with E-state index in [0.29, 0.717) is 17.5 Å². The van der Waals surface area contributed by atoms with Crippen LogP contribution in [-0.4, -0.2) is 19.5 Å². The zero-order valence-corrected chi connectivity index (χ0v) is 32.3. The first-order chi connectivity index (χ1) is 28.5. The highest BCUT2D eigenvalue weighted by molar-refractivity contribution is 6.09. The molecule has 0 saturated heterocycles. The van der Waals surface area contributed by atoms with E-state index in [-0.39, 0.29) is 5.41 Å². The van der Waals surface area contributed by atoms with E-state index in [1.54, 1.807) is 0 Å². The molecular weight excluding hydrogens is 705 g/mol. The van der Waals surface area contributed by atoms with Crippen LogP contribution < -0.4 is 0 Å². The third-order valence-corrected chi connectivity index (χ3v) is 11.8. The van der Waals surface area contributed by atoms with E-state index in [2.05, 4.69) is 152 Å². The molecule has 10 aromatic rings. The number of aromatic nitrogens is 4. The average Bonchev–Trinajstić information content (AvgIpc) is 3.74. The zero-order chi connectivity index (χ0) is 38.8. The second-order valence-electron chi connectivity index (χ2n) is 15.7. The molecule has 0 atom stereocenters. The lowest BCUT2D eigenvalue weighted by Crippen LogP contribution is -2.15. The molecular formula is C54H38N4. The maximum Gasteiger partial charge on any atom is 0.164 e. The first kappa shape index (κ1) is 33.9. The van der Waals surface area contributed by atoms with Gasteiger partial charge in [-0.15, -0.1) is 0 Å². The maximum absolute atomic E-state index is 5.00. The van der Waals surface area contributed by atoms with Crippen molar-refractivity contribution in [2.45, 2.75) is 19.3 Å². The van der Waals surface area contributed by atoms with Crippen LogP contribution in [-0.2, 0) is 5.41 Å². The summed E-state index contributed by atoms with van der Waals surface area (Å²) in [5, 5.41) is 2.54. The third-order valence-electron chi connectivity index (χ3n) is 11.8. The number of fused-ring (bicyclic) bond motifs is 6. The number of benzene rings is 8. The van der Waals surface area contributed by atoms with E-state index in [9.17, 15) is 0 Å². The largest absolute Gasteiger partial charge is 0.309 e. The van der Waals surface area contributed by atoms with Gasteiger partial charge in [-0.2, -0.15) is 0 Å². The molecule has 1 aliphatic carbocycles. The van der Waals surface area contributed by atoms with Gasteiger partial charge in [0, 0.05) is 38.6 Å². The average molecular weight is 743 g/mol. The summed E-state index contributed by atoms with van der Waals surface area (Å²) >= 11 is 0. The molecule has 0 unspecified atom stereocenters. The van der Waals surface area contributed by atoms with E-state index in [4.69, 9.17) is 15.0 Å². The fourth-order valence-electron chi connectivity index (χ4n) is 8.90. The monoisotopic (exact) mass is 742 g/mol. The molecule has 0 saturated carbocycles. The summed E-state index contributed by atoms with van der Waals surface area (Å²) in [6.07, 6.45) is 0. The van der Waals surface area contributed by atoms with Crippen LogP contribution in [0.5, 0.6) is 0 Å². The summed E-state index contributed by atoms with van der Waals surface area (Å²) in [5.41, 5.74) is 16.3. The SMILES string of the molecule is CC1(C)c2cc(-c3cccc(-c4nc(-c5ccccc5)nc(-c5ccccc5)n4)c3)ccc2-c2ccc(-c3cccc(-n4c5ccccc5c5ccccc54)c3)cc21. The van der Waals surface area contributed by atoms with Crippen LogP contribution in [0.2, 0.25) is 0 Å². The van der Waals surface area contributed by atoms with Crippen molar-refractivity contribution in [3.8, 4) is 73.2 Å². The summed E-state index contributed by atoms with van der Waals surface area (Å²) in [7, 11) is 0. The van der Waals surface area contributed by atoms with Gasteiger partial charge >= 0.3 is 0 Å². The number of nitrogens with zero attached hydrogens (tertiary/aromatic N) is 4. The summed E-state index contributed by atoms with van der Waals surface area (Å²) in [6.45, 7) is 4.72. The summed E-state index contributed by atoms with van der Waals surface area (Å²) in [4.78, 5) is 14.9. The second-order valence-corrected chi connectivity index (χ2v) is 15.7. The molecule has 0 amide bonds. The topological polar surface area (TPSA) is 43.6 Å². The van der Waals surface area contributed by atoms with Crippen LogP contribution in [0.15, 0.2) is 194 Å². The Morgan fingerprint density at radius 2 is 0.759 bits per heavy atom. The highest BCUT2D eigenvalue weighted by atomic mass is 15.0. The van der Waals surface area contributed by atoms with Crippen molar-refractivity contribution in [2.75, 3.05) is 0 Å². The maximum atomic E-state index is 5.00. The molecule has 0 fully saturated rings. The van der Waals surface area contributed by atoms with Crippen molar-refractivity contribution >= 4 is 21.8 Å². The van der Waals surface area contributed by atoms with Crippen LogP contribution in [0.25, 0.3) is 95.0 Å². The van der Waals surface area contributed by atoms with Crippen molar-refractivity contribution in [2.24, 2.45) is 0 Å². The summed E-state index contributed by atoms with van der Waals surface area (Å²) < 4.78 is 2.39. The van der Waals surface area contributed by atoms with E-state index >= 15 is 0 Å². The molecule has 4 heteroatoms. The van der Waals surface area contributed by atoms with Crippen molar-refractivity contribution in [1.29, 1.82) is 0 Å². The molecule has 0 N–H and O–H groups in total. The smallest absolute Gasteiger partial charge is 0.164 e. The van der Waals surface area contributed by atoms with E-state index in [1.807, 2.05) is 60.7 Å². The van der Waals surface area contributed by atoms with Crippen LogP contribution in [0.1, 0.15) is 25.0 Å². The Morgan fingerprint density at radius 1 is 0.345 bits per heavy atom. The molecule has 11 rings (SSSR count). The highest BCUT2D eigenvalue weighted by Gasteiger charge is 2.36. The second kappa shape index (κ2) is 13.4. The zero-order valence-electron chi connectivity index (χ0n) is 32.3. The Balaban J connectivity index is 0.949. The molecule has 0 radical (unpaired) electrons. The van der Waals surface area contributed by atoms with Gasteiger partial charge in [0.15, 0.2) is 17.5 Å². The summed E-state index contributed by atoms with van der Waals surface area (Å²) in [6, 6.07) is 69.2. The van der Waals surface area contributed by atoms with Gasteiger partial charge < -0.3 is 4.57 Å². The van der Waals surface area contributed by atoms with Crippen LogP contribution in [0.3, 0.4) is 0 Å². The molecule has 274 valence electrons. The molecule has 4 nitrogen and oxygen atoms in total. The molecule has 0 aliphatic heterocycles. The molecule has 2 aromatic heterocycles. The molecule has 2 heterocycles.